The molecule has 0 aromatic heterocycles. The molecule has 3 nitrogen and oxygen atoms in total. The highest BCUT2D eigenvalue weighted by atomic mass is 127. The molecule has 0 fully saturated rings. The van der Waals surface area contributed by atoms with E-state index < -0.39 is 0 Å². The average molecular weight is 417 g/mol. The summed E-state index contributed by atoms with van der Waals surface area (Å²) in [5.74, 6) is 0.0394. The van der Waals surface area contributed by atoms with E-state index in [1.807, 2.05) is 12.1 Å². The minimum Gasteiger partial charge on any atom is -0.352 e. The quantitative estimate of drug-likeness (QED) is 0.455. The van der Waals surface area contributed by atoms with Gasteiger partial charge in [-0.25, -0.2) is 8.78 Å². The Balaban J connectivity index is 0.00000242. The molecular formula is C16H18F2IN3. The van der Waals surface area contributed by atoms with Crippen LogP contribution in [0.15, 0.2) is 53.5 Å². The number of hydrogen-bond donors (Lipinski definition) is 2. The highest BCUT2D eigenvalue weighted by Gasteiger charge is 2.00. The smallest absolute Gasteiger partial charge is 0.191 e. The van der Waals surface area contributed by atoms with Gasteiger partial charge in [-0.3, -0.25) is 4.99 Å². The normalized spacial score (nSPS) is 9.59. The van der Waals surface area contributed by atoms with Crippen molar-refractivity contribution in [3.05, 3.63) is 71.3 Å². The van der Waals surface area contributed by atoms with Crippen LogP contribution in [0.1, 0.15) is 11.1 Å². The second-order valence-corrected chi connectivity index (χ2v) is 4.54. The molecule has 0 bridgehead atoms. The molecule has 0 atom stereocenters. The Labute approximate surface area is 145 Å². The van der Waals surface area contributed by atoms with Crippen LogP contribution < -0.4 is 10.6 Å². The van der Waals surface area contributed by atoms with Gasteiger partial charge in [0.05, 0.1) is 0 Å². The largest absolute Gasteiger partial charge is 0.352 e. The third-order valence-electron chi connectivity index (χ3n) is 2.92. The predicted molar refractivity (Wildman–Crippen MR) is 95.3 cm³/mol. The fourth-order valence-corrected chi connectivity index (χ4v) is 1.89. The number of hydrogen-bond acceptors (Lipinski definition) is 1. The molecule has 118 valence electrons. The van der Waals surface area contributed by atoms with E-state index in [9.17, 15) is 8.78 Å². The van der Waals surface area contributed by atoms with E-state index in [2.05, 4.69) is 15.6 Å². The summed E-state index contributed by atoms with van der Waals surface area (Å²) in [7, 11) is 1.65. The van der Waals surface area contributed by atoms with Crippen molar-refractivity contribution < 1.29 is 8.78 Å². The van der Waals surface area contributed by atoms with Gasteiger partial charge in [0.25, 0.3) is 0 Å². The number of rotatable bonds is 4. The van der Waals surface area contributed by atoms with Crippen molar-refractivity contribution in [2.75, 3.05) is 7.05 Å². The maximum absolute atomic E-state index is 13.1. The van der Waals surface area contributed by atoms with Gasteiger partial charge in [0.15, 0.2) is 5.96 Å². The Morgan fingerprint density at radius 1 is 0.909 bits per heavy atom. The van der Waals surface area contributed by atoms with E-state index in [4.69, 9.17) is 0 Å². The summed E-state index contributed by atoms with van der Waals surface area (Å²) in [6.07, 6.45) is 0. The zero-order valence-electron chi connectivity index (χ0n) is 12.1. The van der Waals surface area contributed by atoms with Gasteiger partial charge in [-0.2, -0.15) is 0 Å². The van der Waals surface area contributed by atoms with Crippen molar-refractivity contribution in [2.45, 2.75) is 13.1 Å². The first-order chi connectivity index (χ1) is 10.2. The van der Waals surface area contributed by atoms with Gasteiger partial charge in [0.2, 0.25) is 0 Å². The first kappa shape index (κ1) is 18.3. The molecule has 0 saturated heterocycles. The molecule has 0 spiro atoms. The van der Waals surface area contributed by atoms with Crippen molar-refractivity contribution in [1.82, 2.24) is 10.6 Å². The second-order valence-electron chi connectivity index (χ2n) is 4.54. The summed E-state index contributed by atoms with van der Waals surface area (Å²) in [6.45, 7) is 0.918. The van der Waals surface area contributed by atoms with Gasteiger partial charge < -0.3 is 10.6 Å². The molecule has 2 aromatic rings. The monoisotopic (exact) mass is 417 g/mol. The standard InChI is InChI=1S/C16H17F2N3.HI/c1-19-16(20-10-12-4-2-6-14(17)8-12)21-11-13-5-3-7-15(18)9-13;/h2-9H,10-11H2,1H3,(H2,19,20,21);1H. The van der Waals surface area contributed by atoms with Crippen LogP contribution in [0.25, 0.3) is 0 Å². The SMILES string of the molecule is CN=C(NCc1cccc(F)c1)NCc1cccc(F)c1.I. The predicted octanol–water partition coefficient (Wildman–Crippen LogP) is 3.45. The van der Waals surface area contributed by atoms with Crippen molar-refractivity contribution in [2.24, 2.45) is 4.99 Å². The molecule has 2 N–H and O–H groups in total. The van der Waals surface area contributed by atoms with Crippen molar-refractivity contribution in [3.63, 3.8) is 0 Å². The highest BCUT2D eigenvalue weighted by Crippen LogP contribution is 2.04. The second kappa shape index (κ2) is 9.34. The Morgan fingerprint density at radius 3 is 1.73 bits per heavy atom. The van der Waals surface area contributed by atoms with Crippen molar-refractivity contribution in [3.8, 4) is 0 Å². The fraction of sp³-hybridized carbons (Fsp3) is 0.188. The van der Waals surface area contributed by atoms with Gasteiger partial charge >= 0.3 is 0 Å². The molecule has 0 amide bonds. The average Bonchev–Trinajstić information content (AvgIpc) is 2.47. The molecule has 22 heavy (non-hydrogen) atoms. The van der Waals surface area contributed by atoms with Crippen molar-refractivity contribution >= 4 is 29.9 Å². The van der Waals surface area contributed by atoms with Crippen LogP contribution in [-0.4, -0.2) is 13.0 Å². The first-order valence-electron chi connectivity index (χ1n) is 6.61. The molecule has 2 aromatic carbocycles. The van der Waals surface area contributed by atoms with Gasteiger partial charge in [-0.1, -0.05) is 24.3 Å². The molecule has 0 saturated carbocycles. The van der Waals surface area contributed by atoms with Crippen LogP contribution in [0.4, 0.5) is 8.78 Å². The molecule has 0 radical (unpaired) electrons. The number of aliphatic imine (C=N–C) groups is 1. The summed E-state index contributed by atoms with van der Waals surface area (Å²) in [5, 5.41) is 6.15. The Kier molecular flexibility index (Phi) is 7.79. The maximum atomic E-state index is 13.1. The Bertz CT molecular complexity index is 581. The number of guanidine groups is 1. The van der Waals surface area contributed by atoms with E-state index in [0.717, 1.165) is 11.1 Å². The lowest BCUT2D eigenvalue weighted by atomic mass is 10.2. The molecule has 0 aliphatic rings. The van der Waals surface area contributed by atoms with Gasteiger partial charge in [0.1, 0.15) is 11.6 Å². The van der Waals surface area contributed by atoms with Crippen LogP contribution in [0.5, 0.6) is 0 Å². The van der Waals surface area contributed by atoms with E-state index in [0.29, 0.717) is 19.0 Å². The topological polar surface area (TPSA) is 36.4 Å². The van der Waals surface area contributed by atoms with Crippen molar-refractivity contribution in [1.29, 1.82) is 0 Å². The van der Waals surface area contributed by atoms with E-state index in [1.165, 1.54) is 24.3 Å². The number of nitrogens with zero attached hydrogens (tertiary/aromatic N) is 1. The van der Waals surface area contributed by atoms with Gasteiger partial charge in [-0.05, 0) is 35.4 Å². The molecule has 0 heterocycles. The third kappa shape index (κ3) is 5.97. The summed E-state index contributed by atoms with van der Waals surface area (Å²) >= 11 is 0. The van der Waals surface area contributed by atoms with Crippen LogP contribution in [0.2, 0.25) is 0 Å². The Morgan fingerprint density at radius 2 is 1.36 bits per heavy atom. The molecule has 6 heteroatoms. The molecule has 2 rings (SSSR count). The minimum atomic E-state index is -0.267. The van der Waals surface area contributed by atoms with E-state index >= 15 is 0 Å². The van der Waals surface area contributed by atoms with Gasteiger partial charge in [0, 0.05) is 20.1 Å². The first-order valence-corrected chi connectivity index (χ1v) is 6.61. The molecule has 0 aliphatic carbocycles. The summed E-state index contributed by atoms with van der Waals surface area (Å²) < 4.78 is 26.1. The van der Waals surface area contributed by atoms with Crippen LogP contribution >= 0.6 is 24.0 Å². The molecular weight excluding hydrogens is 399 g/mol. The lowest BCUT2D eigenvalue weighted by Gasteiger charge is -2.12. The van der Waals surface area contributed by atoms with Crippen LogP contribution in [0.3, 0.4) is 0 Å². The third-order valence-corrected chi connectivity index (χ3v) is 2.92. The fourth-order valence-electron chi connectivity index (χ4n) is 1.89. The maximum Gasteiger partial charge on any atom is 0.191 e. The van der Waals surface area contributed by atoms with Gasteiger partial charge in [-0.15, -0.1) is 24.0 Å². The van der Waals surface area contributed by atoms with Crippen LogP contribution in [0, 0.1) is 11.6 Å². The summed E-state index contributed by atoms with van der Waals surface area (Å²) in [4.78, 5) is 4.07. The van der Waals surface area contributed by atoms with E-state index in [-0.39, 0.29) is 35.6 Å². The number of halogens is 3. The number of benzene rings is 2. The highest BCUT2D eigenvalue weighted by molar-refractivity contribution is 14.0. The number of nitrogens with one attached hydrogen (secondary N) is 2. The Hall–Kier alpha value is -1.70. The summed E-state index contributed by atoms with van der Waals surface area (Å²) in [5.41, 5.74) is 1.65. The van der Waals surface area contributed by atoms with Crippen LogP contribution in [-0.2, 0) is 13.1 Å². The molecule has 0 aliphatic heterocycles. The lowest BCUT2D eigenvalue weighted by molar-refractivity contribution is 0.624. The lowest BCUT2D eigenvalue weighted by Crippen LogP contribution is -2.36. The van der Waals surface area contributed by atoms with E-state index in [1.54, 1.807) is 19.2 Å². The zero-order valence-corrected chi connectivity index (χ0v) is 14.5. The summed E-state index contributed by atoms with van der Waals surface area (Å²) in [6, 6.07) is 12.7. The zero-order chi connectivity index (χ0) is 15.1. The molecule has 0 unspecified atom stereocenters. The minimum absolute atomic E-state index is 0.